The van der Waals surface area contributed by atoms with Gasteiger partial charge in [-0.2, -0.15) is 8.78 Å². The lowest BCUT2D eigenvalue weighted by Crippen LogP contribution is -2.19. The van der Waals surface area contributed by atoms with Crippen LogP contribution in [0.2, 0.25) is 0 Å². The van der Waals surface area contributed by atoms with Crippen molar-refractivity contribution in [1.29, 1.82) is 0 Å². The molecule has 88 valence electrons. The highest BCUT2D eigenvalue weighted by molar-refractivity contribution is 5.27. The number of rotatable bonds is 6. The van der Waals surface area contributed by atoms with Crippen molar-refractivity contribution in [2.45, 2.75) is 31.9 Å². The van der Waals surface area contributed by atoms with E-state index in [9.17, 15) is 8.78 Å². The fourth-order valence-electron chi connectivity index (χ4n) is 1.55. The first kappa shape index (κ1) is 11.3. The number of alkyl halides is 2. The summed E-state index contributed by atoms with van der Waals surface area (Å²) >= 11 is 0. The molecule has 0 radical (unpaired) electrons. The minimum atomic E-state index is -2.75. The molecular formula is C12H15F2NO. The standard InChI is InChI=1S/C12H15F2NO/c13-12(14)16-11-5-1-9(2-6-11)7-8-15-10-3-4-10/h1-2,5-6,10,12,15H,3-4,7-8H2. The zero-order valence-corrected chi connectivity index (χ0v) is 8.96. The predicted octanol–water partition coefficient (Wildman–Crippen LogP) is 2.58. The molecule has 1 aliphatic carbocycles. The van der Waals surface area contributed by atoms with E-state index in [1.807, 2.05) is 12.1 Å². The quantitative estimate of drug-likeness (QED) is 0.806. The van der Waals surface area contributed by atoms with E-state index in [1.54, 1.807) is 12.1 Å². The van der Waals surface area contributed by atoms with Crippen LogP contribution in [0.25, 0.3) is 0 Å². The van der Waals surface area contributed by atoms with Gasteiger partial charge < -0.3 is 10.1 Å². The van der Waals surface area contributed by atoms with Crippen LogP contribution in [0.4, 0.5) is 8.78 Å². The first-order chi connectivity index (χ1) is 7.74. The summed E-state index contributed by atoms with van der Waals surface area (Å²) in [5.74, 6) is 0.217. The van der Waals surface area contributed by atoms with Crippen molar-refractivity contribution >= 4 is 0 Å². The molecule has 0 unspecified atom stereocenters. The van der Waals surface area contributed by atoms with Crippen molar-refractivity contribution in [1.82, 2.24) is 5.32 Å². The minimum absolute atomic E-state index is 0.217. The summed E-state index contributed by atoms with van der Waals surface area (Å²) in [6.45, 7) is -1.80. The van der Waals surface area contributed by atoms with E-state index in [0.717, 1.165) is 18.5 Å². The highest BCUT2D eigenvalue weighted by atomic mass is 19.3. The normalized spacial score (nSPS) is 15.4. The molecule has 0 aromatic heterocycles. The van der Waals surface area contributed by atoms with Crippen LogP contribution in [0, 0.1) is 0 Å². The molecule has 0 saturated heterocycles. The third-order valence-electron chi connectivity index (χ3n) is 2.57. The number of nitrogens with one attached hydrogen (secondary N) is 1. The maximum atomic E-state index is 11.9. The Kier molecular flexibility index (Phi) is 3.72. The molecular weight excluding hydrogens is 212 g/mol. The minimum Gasteiger partial charge on any atom is -0.435 e. The van der Waals surface area contributed by atoms with Crippen molar-refractivity contribution in [2.75, 3.05) is 6.54 Å². The van der Waals surface area contributed by atoms with E-state index in [1.165, 1.54) is 12.8 Å². The van der Waals surface area contributed by atoms with Crippen LogP contribution in [0.5, 0.6) is 5.75 Å². The number of halogens is 2. The van der Waals surface area contributed by atoms with E-state index in [0.29, 0.717) is 6.04 Å². The van der Waals surface area contributed by atoms with Crippen LogP contribution in [-0.2, 0) is 6.42 Å². The molecule has 1 saturated carbocycles. The van der Waals surface area contributed by atoms with Crippen LogP contribution in [0.1, 0.15) is 18.4 Å². The number of hydrogen-bond acceptors (Lipinski definition) is 2. The molecule has 0 aliphatic heterocycles. The average Bonchev–Trinajstić information content (AvgIpc) is 3.04. The van der Waals surface area contributed by atoms with Crippen molar-refractivity contribution in [2.24, 2.45) is 0 Å². The summed E-state index contributed by atoms with van der Waals surface area (Å²) in [6, 6.07) is 7.52. The van der Waals surface area contributed by atoms with Crippen molar-refractivity contribution < 1.29 is 13.5 Å². The lowest BCUT2D eigenvalue weighted by molar-refractivity contribution is -0.0498. The third-order valence-corrected chi connectivity index (χ3v) is 2.57. The summed E-state index contributed by atoms with van der Waals surface area (Å²) < 4.78 is 28.0. The molecule has 2 rings (SSSR count). The molecule has 0 spiro atoms. The molecule has 4 heteroatoms. The Labute approximate surface area is 93.6 Å². The fraction of sp³-hybridized carbons (Fsp3) is 0.500. The van der Waals surface area contributed by atoms with Gasteiger partial charge in [0.05, 0.1) is 0 Å². The molecule has 1 aromatic carbocycles. The Hall–Kier alpha value is -1.16. The smallest absolute Gasteiger partial charge is 0.387 e. The van der Waals surface area contributed by atoms with Gasteiger partial charge in [0.15, 0.2) is 0 Å². The first-order valence-electron chi connectivity index (χ1n) is 5.51. The summed E-state index contributed by atoms with van der Waals surface area (Å²) in [5, 5.41) is 3.40. The van der Waals surface area contributed by atoms with Gasteiger partial charge in [-0.3, -0.25) is 0 Å². The maximum Gasteiger partial charge on any atom is 0.387 e. The van der Waals surface area contributed by atoms with Gasteiger partial charge in [0.2, 0.25) is 0 Å². The molecule has 0 amide bonds. The SMILES string of the molecule is FC(F)Oc1ccc(CCNC2CC2)cc1. The van der Waals surface area contributed by atoms with Crippen LogP contribution in [0.15, 0.2) is 24.3 Å². The topological polar surface area (TPSA) is 21.3 Å². The monoisotopic (exact) mass is 227 g/mol. The van der Waals surface area contributed by atoms with Crippen molar-refractivity contribution in [3.63, 3.8) is 0 Å². The van der Waals surface area contributed by atoms with Gasteiger partial charge in [-0.15, -0.1) is 0 Å². The first-order valence-corrected chi connectivity index (χ1v) is 5.51. The largest absolute Gasteiger partial charge is 0.435 e. The summed E-state index contributed by atoms with van der Waals surface area (Å²) in [5.41, 5.74) is 1.13. The Bertz CT molecular complexity index is 322. The van der Waals surface area contributed by atoms with Crippen LogP contribution < -0.4 is 10.1 Å². The van der Waals surface area contributed by atoms with Gasteiger partial charge >= 0.3 is 6.61 Å². The Balaban J connectivity index is 1.76. The number of ether oxygens (including phenoxy) is 1. The van der Waals surface area contributed by atoms with E-state index in [-0.39, 0.29) is 5.75 Å². The van der Waals surface area contributed by atoms with Crippen molar-refractivity contribution in [3.05, 3.63) is 29.8 Å². The van der Waals surface area contributed by atoms with Crippen LogP contribution in [0.3, 0.4) is 0 Å². The van der Waals surface area contributed by atoms with Crippen LogP contribution >= 0.6 is 0 Å². The van der Waals surface area contributed by atoms with Gasteiger partial charge in [-0.1, -0.05) is 12.1 Å². The molecule has 0 bridgehead atoms. The van der Waals surface area contributed by atoms with Gasteiger partial charge in [-0.05, 0) is 43.5 Å². The second-order valence-electron chi connectivity index (χ2n) is 4.00. The maximum absolute atomic E-state index is 11.9. The summed E-state index contributed by atoms with van der Waals surface area (Å²) in [7, 11) is 0. The third kappa shape index (κ3) is 3.77. The lowest BCUT2D eigenvalue weighted by Gasteiger charge is -2.06. The van der Waals surface area contributed by atoms with E-state index < -0.39 is 6.61 Å². The highest BCUT2D eigenvalue weighted by Gasteiger charge is 2.19. The molecule has 0 heterocycles. The molecule has 2 nitrogen and oxygen atoms in total. The van der Waals surface area contributed by atoms with Crippen molar-refractivity contribution in [3.8, 4) is 5.75 Å². The van der Waals surface area contributed by atoms with Gasteiger partial charge in [0.1, 0.15) is 5.75 Å². The molecule has 1 aliphatic rings. The zero-order chi connectivity index (χ0) is 11.4. The van der Waals surface area contributed by atoms with E-state index in [2.05, 4.69) is 10.1 Å². The van der Waals surface area contributed by atoms with E-state index in [4.69, 9.17) is 0 Å². The van der Waals surface area contributed by atoms with Gasteiger partial charge in [-0.25, -0.2) is 0 Å². The molecule has 0 atom stereocenters. The fourth-order valence-corrected chi connectivity index (χ4v) is 1.55. The zero-order valence-electron chi connectivity index (χ0n) is 8.96. The van der Waals surface area contributed by atoms with Crippen LogP contribution in [-0.4, -0.2) is 19.2 Å². The van der Waals surface area contributed by atoms with Gasteiger partial charge in [0.25, 0.3) is 0 Å². The number of hydrogen-bond donors (Lipinski definition) is 1. The molecule has 1 fully saturated rings. The Morgan fingerprint density at radius 2 is 1.94 bits per heavy atom. The Morgan fingerprint density at radius 3 is 2.50 bits per heavy atom. The predicted molar refractivity (Wildman–Crippen MR) is 57.8 cm³/mol. The molecule has 16 heavy (non-hydrogen) atoms. The highest BCUT2D eigenvalue weighted by Crippen LogP contribution is 2.19. The lowest BCUT2D eigenvalue weighted by atomic mass is 10.1. The molecule has 1 N–H and O–H groups in total. The van der Waals surface area contributed by atoms with E-state index >= 15 is 0 Å². The second kappa shape index (κ2) is 5.25. The number of benzene rings is 1. The summed E-state index contributed by atoms with van der Waals surface area (Å²) in [6.07, 6.45) is 3.48. The van der Waals surface area contributed by atoms with Gasteiger partial charge in [0, 0.05) is 6.04 Å². The Morgan fingerprint density at radius 1 is 1.25 bits per heavy atom. The second-order valence-corrected chi connectivity index (χ2v) is 4.00. The molecule has 1 aromatic rings. The summed E-state index contributed by atoms with van der Waals surface area (Å²) in [4.78, 5) is 0. The average molecular weight is 227 g/mol.